The molecule has 10 nitrogen and oxygen atoms in total. The molecule has 0 spiro atoms. The zero-order valence-electron chi connectivity index (χ0n) is 21.9. The Hall–Kier alpha value is -3.44. The molecule has 2 aromatic carbocycles. The molecule has 39 heavy (non-hydrogen) atoms. The zero-order valence-corrected chi connectivity index (χ0v) is 23.4. The molecule has 5 rings (SSSR count). The van der Waals surface area contributed by atoms with E-state index in [1.54, 1.807) is 36.5 Å². The lowest BCUT2D eigenvalue weighted by Crippen LogP contribution is -2.35. The van der Waals surface area contributed by atoms with Gasteiger partial charge >= 0.3 is 0 Å². The Balaban J connectivity index is 1.38. The predicted molar refractivity (Wildman–Crippen MR) is 157 cm³/mol. The lowest BCUT2D eigenvalue weighted by Gasteiger charge is -2.30. The first kappa shape index (κ1) is 27.1. The maximum absolute atomic E-state index is 11.8. The van der Waals surface area contributed by atoms with Gasteiger partial charge in [0.2, 0.25) is 11.9 Å². The van der Waals surface area contributed by atoms with Crippen molar-refractivity contribution in [2.45, 2.75) is 48.3 Å². The summed E-state index contributed by atoms with van der Waals surface area (Å²) in [6.45, 7) is 3.72. The van der Waals surface area contributed by atoms with Gasteiger partial charge in [-0.2, -0.15) is 20.1 Å². The van der Waals surface area contributed by atoms with Crippen molar-refractivity contribution in [1.82, 2.24) is 15.0 Å². The molecule has 0 saturated carbocycles. The Morgan fingerprint density at radius 1 is 0.923 bits per heavy atom. The van der Waals surface area contributed by atoms with Gasteiger partial charge in [-0.05, 0) is 68.9 Å². The van der Waals surface area contributed by atoms with Gasteiger partial charge in [0.25, 0.3) is 11.6 Å². The van der Waals surface area contributed by atoms with Crippen LogP contribution >= 0.6 is 23.4 Å². The highest BCUT2D eigenvalue weighted by Gasteiger charge is 2.22. The summed E-state index contributed by atoms with van der Waals surface area (Å²) >= 11 is 7.28. The van der Waals surface area contributed by atoms with Crippen LogP contribution in [0.5, 0.6) is 0 Å². The first-order valence-electron chi connectivity index (χ1n) is 13.2. The van der Waals surface area contributed by atoms with Gasteiger partial charge < -0.3 is 9.80 Å². The van der Waals surface area contributed by atoms with Crippen molar-refractivity contribution in [2.24, 2.45) is 5.10 Å². The van der Waals surface area contributed by atoms with Gasteiger partial charge in [-0.15, -0.1) is 0 Å². The Kier molecular flexibility index (Phi) is 8.77. The number of rotatable bonds is 8. The third-order valence-corrected chi connectivity index (χ3v) is 8.09. The average molecular weight is 567 g/mol. The summed E-state index contributed by atoms with van der Waals surface area (Å²) < 4.78 is 0. The molecule has 0 amide bonds. The van der Waals surface area contributed by atoms with E-state index in [4.69, 9.17) is 26.6 Å². The van der Waals surface area contributed by atoms with E-state index in [1.165, 1.54) is 30.7 Å². The Bertz CT molecular complexity index is 1290. The van der Waals surface area contributed by atoms with Crippen LogP contribution in [-0.2, 0) is 0 Å². The second-order valence-corrected chi connectivity index (χ2v) is 11.2. The van der Waals surface area contributed by atoms with Crippen LogP contribution in [0.15, 0.2) is 57.4 Å². The quantitative estimate of drug-likeness (QED) is 0.183. The molecule has 0 unspecified atom stereocenters. The molecule has 0 bridgehead atoms. The Labute approximate surface area is 237 Å². The van der Waals surface area contributed by atoms with Gasteiger partial charge in [0.15, 0.2) is 0 Å². The first-order chi connectivity index (χ1) is 19.0. The summed E-state index contributed by atoms with van der Waals surface area (Å²) in [5.41, 5.74) is 0.622. The normalized spacial score (nSPS) is 16.1. The van der Waals surface area contributed by atoms with Crippen molar-refractivity contribution in [3.8, 4) is 0 Å². The Morgan fingerprint density at radius 2 is 1.51 bits per heavy atom. The number of hydrogen-bond acceptors (Lipinski definition) is 10. The molecule has 12 heteroatoms. The molecule has 2 saturated heterocycles. The van der Waals surface area contributed by atoms with Gasteiger partial charge in [-0.25, -0.2) is 5.01 Å². The molecule has 3 aromatic rings. The van der Waals surface area contributed by atoms with Crippen LogP contribution in [0.3, 0.4) is 0 Å². The summed E-state index contributed by atoms with van der Waals surface area (Å²) in [6.07, 6.45) is 8.53. The SMILES string of the molecule is CN(/N=C/c1ccc(Sc2ccc(Cl)cc2)c([N+](=O)[O-])c1)c1nc(N2CCCCC2)nc(N2CCCCC2)n1. The minimum Gasteiger partial charge on any atom is -0.341 e. The maximum atomic E-state index is 11.8. The largest absolute Gasteiger partial charge is 0.341 e. The van der Waals surface area contributed by atoms with E-state index >= 15 is 0 Å². The third-order valence-electron chi connectivity index (χ3n) is 6.77. The summed E-state index contributed by atoms with van der Waals surface area (Å²) in [4.78, 5) is 31.6. The van der Waals surface area contributed by atoms with E-state index in [0.29, 0.717) is 33.3 Å². The molecule has 1 aromatic heterocycles. The fraction of sp³-hybridized carbons (Fsp3) is 0.407. The highest BCUT2D eigenvalue weighted by atomic mass is 35.5. The topological polar surface area (TPSA) is 104 Å². The first-order valence-corrected chi connectivity index (χ1v) is 14.4. The van der Waals surface area contributed by atoms with Gasteiger partial charge in [-0.3, -0.25) is 10.1 Å². The predicted octanol–water partition coefficient (Wildman–Crippen LogP) is 6.04. The summed E-state index contributed by atoms with van der Waals surface area (Å²) in [7, 11) is 1.78. The minimum atomic E-state index is -0.374. The highest BCUT2D eigenvalue weighted by molar-refractivity contribution is 7.99. The Morgan fingerprint density at radius 3 is 2.08 bits per heavy atom. The molecular weight excluding hydrogens is 536 g/mol. The summed E-state index contributed by atoms with van der Waals surface area (Å²) in [5, 5.41) is 18.6. The molecule has 0 N–H and O–H groups in total. The number of halogens is 1. The van der Waals surface area contributed by atoms with E-state index < -0.39 is 0 Å². The standard InChI is InChI=1S/C27H31ClN8O2S/c1-33(25-30-26(34-14-4-2-5-15-34)32-27(31-25)35-16-6-3-7-17-35)29-19-20-8-13-24(23(18-20)36(37)38)39-22-11-9-21(28)10-12-22/h8-13,18-19H,2-7,14-17H2,1H3/b29-19+. The monoisotopic (exact) mass is 566 g/mol. The molecule has 204 valence electrons. The van der Waals surface area contributed by atoms with Crippen molar-refractivity contribution in [3.63, 3.8) is 0 Å². The number of benzene rings is 2. The van der Waals surface area contributed by atoms with Crippen molar-refractivity contribution >= 4 is 53.1 Å². The van der Waals surface area contributed by atoms with Crippen LogP contribution in [-0.4, -0.2) is 59.3 Å². The van der Waals surface area contributed by atoms with E-state index in [2.05, 4.69) is 14.9 Å². The van der Waals surface area contributed by atoms with E-state index in [-0.39, 0.29) is 10.6 Å². The number of anilines is 3. The van der Waals surface area contributed by atoms with Crippen LogP contribution in [0.1, 0.15) is 44.1 Å². The van der Waals surface area contributed by atoms with E-state index in [1.807, 2.05) is 18.2 Å². The number of nitrogens with zero attached hydrogens (tertiary/aromatic N) is 8. The lowest BCUT2D eigenvalue weighted by molar-refractivity contribution is -0.387. The molecule has 2 aliphatic heterocycles. The number of aromatic nitrogens is 3. The van der Waals surface area contributed by atoms with Crippen LogP contribution in [0, 0.1) is 10.1 Å². The number of nitro benzene ring substituents is 1. The fourth-order valence-electron chi connectivity index (χ4n) is 4.64. The van der Waals surface area contributed by atoms with Crippen molar-refractivity contribution in [2.75, 3.05) is 48.0 Å². The molecule has 0 aliphatic carbocycles. The fourth-order valence-corrected chi connectivity index (χ4v) is 5.66. The molecule has 2 aliphatic rings. The van der Waals surface area contributed by atoms with Gasteiger partial charge in [-0.1, -0.05) is 29.4 Å². The minimum absolute atomic E-state index is 0.0153. The smallest absolute Gasteiger partial charge is 0.283 e. The van der Waals surface area contributed by atoms with Gasteiger partial charge in [0, 0.05) is 54.8 Å². The van der Waals surface area contributed by atoms with Crippen LogP contribution in [0.2, 0.25) is 5.02 Å². The molecule has 0 atom stereocenters. The van der Waals surface area contributed by atoms with Gasteiger partial charge in [0.05, 0.1) is 16.0 Å². The lowest BCUT2D eigenvalue weighted by atomic mass is 10.1. The van der Waals surface area contributed by atoms with Crippen LogP contribution in [0.25, 0.3) is 0 Å². The average Bonchev–Trinajstić information content (AvgIpc) is 2.98. The van der Waals surface area contributed by atoms with E-state index in [9.17, 15) is 10.1 Å². The van der Waals surface area contributed by atoms with Crippen LogP contribution in [0.4, 0.5) is 23.5 Å². The third kappa shape index (κ3) is 6.96. The number of hydrazone groups is 1. The molecule has 2 fully saturated rings. The summed E-state index contributed by atoms with van der Waals surface area (Å²) in [5.74, 6) is 1.81. The number of hydrogen-bond donors (Lipinski definition) is 0. The molecule has 0 radical (unpaired) electrons. The van der Waals surface area contributed by atoms with E-state index in [0.717, 1.165) is 56.8 Å². The second kappa shape index (κ2) is 12.6. The second-order valence-electron chi connectivity index (χ2n) is 9.64. The van der Waals surface area contributed by atoms with Crippen molar-refractivity contribution < 1.29 is 4.92 Å². The number of piperidine rings is 2. The van der Waals surface area contributed by atoms with Crippen molar-refractivity contribution in [1.29, 1.82) is 0 Å². The van der Waals surface area contributed by atoms with Gasteiger partial charge in [0.1, 0.15) is 0 Å². The highest BCUT2D eigenvalue weighted by Crippen LogP contribution is 2.35. The molecular formula is C27H31ClN8O2S. The van der Waals surface area contributed by atoms with Crippen LogP contribution < -0.4 is 14.8 Å². The summed E-state index contributed by atoms with van der Waals surface area (Å²) in [6, 6.07) is 12.3. The van der Waals surface area contributed by atoms with Crippen molar-refractivity contribution in [3.05, 3.63) is 63.2 Å². The number of nitro groups is 1. The molecule has 3 heterocycles. The zero-order chi connectivity index (χ0) is 27.2. The maximum Gasteiger partial charge on any atom is 0.283 e.